The zero-order valence-electron chi connectivity index (χ0n) is 22.7. The summed E-state index contributed by atoms with van der Waals surface area (Å²) in [5.41, 5.74) is 8.37. The number of nitrogens with zero attached hydrogens (tertiary/aromatic N) is 2. The molecule has 6 nitrogen and oxygen atoms in total. The molecule has 0 unspecified atom stereocenters. The van der Waals surface area contributed by atoms with E-state index in [9.17, 15) is 13.0 Å². The first-order valence-electron chi connectivity index (χ1n) is 14.1. The molecule has 4 aliphatic rings. The van der Waals surface area contributed by atoms with Gasteiger partial charge < -0.3 is 13.9 Å². The number of anilines is 2. The van der Waals surface area contributed by atoms with Crippen molar-refractivity contribution in [3.05, 3.63) is 126 Å². The van der Waals surface area contributed by atoms with E-state index in [2.05, 4.69) is 45.9 Å². The van der Waals surface area contributed by atoms with Gasteiger partial charge in [0.1, 0.15) is 21.5 Å². The van der Waals surface area contributed by atoms with Crippen LogP contribution in [0.4, 0.5) is 17.1 Å². The van der Waals surface area contributed by atoms with Crippen LogP contribution in [0.25, 0.3) is 33.4 Å². The first-order chi connectivity index (χ1) is 20.5. The van der Waals surface area contributed by atoms with Crippen LogP contribution in [0.2, 0.25) is 0 Å². The van der Waals surface area contributed by atoms with Crippen LogP contribution in [0.3, 0.4) is 0 Å². The minimum Gasteiger partial charge on any atom is -0.744 e. The predicted molar refractivity (Wildman–Crippen MR) is 163 cm³/mol. The molecule has 0 bridgehead atoms. The standard InChI is InChI=1S/C35H26N2O4S/c38-42(39,40)34-12-6-3-9-29(34)35-27-15-13-25(36-19-17-23-7-1-4-10-30(23)36)21-32(27)41-33-22-26(14-16-28(33)35)37-20-18-24-8-2-5-11-31(24)37/h1-16,21-22H,17-20H2. The molecule has 8 rings (SSSR count). The van der Waals surface area contributed by atoms with Crippen molar-refractivity contribution in [1.82, 2.24) is 4.58 Å². The third-order valence-corrected chi connectivity index (χ3v) is 9.41. The normalized spacial score (nSPS) is 15.8. The number of fused-ring (bicyclic) bond motifs is 4. The van der Waals surface area contributed by atoms with Crippen molar-refractivity contribution >= 4 is 38.1 Å². The Kier molecular flexibility index (Phi) is 5.61. The summed E-state index contributed by atoms with van der Waals surface area (Å²) in [6.07, 6.45) is 1.92. The van der Waals surface area contributed by atoms with Crippen molar-refractivity contribution in [2.45, 2.75) is 17.7 Å². The van der Waals surface area contributed by atoms with Crippen molar-refractivity contribution < 1.29 is 17.4 Å². The highest BCUT2D eigenvalue weighted by Crippen LogP contribution is 2.44. The van der Waals surface area contributed by atoms with Gasteiger partial charge in [0.15, 0.2) is 6.54 Å². The molecule has 0 radical (unpaired) electrons. The van der Waals surface area contributed by atoms with Gasteiger partial charge in [-0.05, 0) is 42.3 Å². The summed E-state index contributed by atoms with van der Waals surface area (Å²) >= 11 is 0. The molecule has 3 aliphatic heterocycles. The van der Waals surface area contributed by atoms with E-state index in [-0.39, 0.29) is 4.90 Å². The summed E-state index contributed by atoms with van der Waals surface area (Å²) in [5, 5.41) is 1.74. The SMILES string of the molecule is O=S(=O)([O-])c1ccccc1-c1c2ccc(=[N+]3CCc4ccccc43)cc-2oc2cc(N3CCc4ccccc43)ccc12. The fourth-order valence-electron chi connectivity index (χ4n) is 6.60. The van der Waals surface area contributed by atoms with Gasteiger partial charge in [0.2, 0.25) is 11.0 Å². The molecule has 0 N–H and O–H groups in total. The zero-order valence-corrected chi connectivity index (χ0v) is 23.5. The first kappa shape index (κ1) is 25.0. The van der Waals surface area contributed by atoms with Crippen LogP contribution < -0.4 is 14.8 Å². The van der Waals surface area contributed by atoms with Crippen molar-refractivity contribution in [2.24, 2.45) is 0 Å². The Hall–Kier alpha value is -4.72. The number of para-hydroxylation sites is 2. The number of rotatable bonds is 3. The molecule has 0 spiro atoms. The maximum atomic E-state index is 12.4. The highest BCUT2D eigenvalue weighted by Gasteiger charge is 2.27. The summed E-state index contributed by atoms with van der Waals surface area (Å²) in [6.45, 7) is 1.72. The highest BCUT2D eigenvalue weighted by molar-refractivity contribution is 7.85. The van der Waals surface area contributed by atoms with Gasteiger partial charge in [-0.3, -0.25) is 0 Å². The molecule has 0 aromatic heterocycles. The summed E-state index contributed by atoms with van der Waals surface area (Å²) in [7, 11) is -4.73. The molecule has 0 saturated carbocycles. The molecule has 0 saturated heterocycles. The van der Waals surface area contributed by atoms with E-state index in [1.807, 2.05) is 48.5 Å². The molecule has 1 aliphatic carbocycles. The van der Waals surface area contributed by atoms with Gasteiger partial charge in [0.25, 0.3) is 0 Å². The van der Waals surface area contributed by atoms with E-state index in [1.54, 1.807) is 18.2 Å². The second kappa shape index (κ2) is 9.41. The molecular weight excluding hydrogens is 544 g/mol. The van der Waals surface area contributed by atoms with Gasteiger partial charge in [-0.1, -0.05) is 54.6 Å². The average molecular weight is 571 g/mol. The van der Waals surface area contributed by atoms with Crippen LogP contribution in [-0.4, -0.2) is 26.1 Å². The molecule has 4 aromatic carbocycles. The van der Waals surface area contributed by atoms with E-state index in [4.69, 9.17) is 4.42 Å². The second-order valence-electron chi connectivity index (χ2n) is 10.8. The molecular formula is C35H26N2O4S. The van der Waals surface area contributed by atoms with E-state index in [0.29, 0.717) is 22.5 Å². The monoisotopic (exact) mass is 570 g/mol. The molecule has 0 atom stereocenters. The molecule has 0 amide bonds. The Balaban J connectivity index is 1.42. The van der Waals surface area contributed by atoms with Crippen LogP contribution in [0.1, 0.15) is 11.1 Å². The Labute approximate surface area is 243 Å². The van der Waals surface area contributed by atoms with Gasteiger partial charge in [-0.25, -0.2) is 8.42 Å². The molecule has 0 fully saturated rings. The third-order valence-electron chi connectivity index (χ3n) is 8.51. The maximum Gasteiger partial charge on any atom is 0.209 e. The number of hydrogen-bond donors (Lipinski definition) is 0. The lowest BCUT2D eigenvalue weighted by Crippen LogP contribution is -2.23. The molecule has 7 heteroatoms. The van der Waals surface area contributed by atoms with E-state index < -0.39 is 10.1 Å². The predicted octanol–water partition coefficient (Wildman–Crippen LogP) is 6.46. The van der Waals surface area contributed by atoms with Gasteiger partial charge in [0.05, 0.1) is 11.0 Å². The molecule has 3 heterocycles. The number of hydrogen-bond acceptors (Lipinski definition) is 5. The summed E-state index contributed by atoms with van der Waals surface area (Å²) in [5.74, 6) is 0.622. The van der Waals surface area contributed by atoms with E-state index in [1.165, 1.54) is 28.6 Å². The lowest BCUT2D eigenvalue weighted by Gasteiger charge is -2.22. The second-order valence-corrected chi connectivity index (χ2v) is 12.2. The Morgan fingerprint density at radius 3 is 2.43 bits per heavy atom. The van der Waals surface area contributed by atoms with Crippen molar-refractivity contribution in [3.63, 3.8) is 0 Å². The molecule has 42 heavy (non-hydrogen) atoms. The summed E-state index contributed by atoms with van der Waals surface area (Å²) < 4.78 is 46.1. The van der Waals surface area contributed by atoms with Crippen molar-refractivity contribution in [2.75, 3.05) is 18.0 Å². The lowest BCUT2D eigenvalue weighted by atomic mass is 9.93. The summed E-state index contributed by atoms with van der Waals surface area (Å²) in [6, 6.07) is 35.3. The Morgan fingerprint density at radius 2 is 1.55 bits per heavy atom. The van der Waals surface area contributed by atoms with Gasteiger partial charge >= 0.3 is 0 Å². The van der Waals surface area contributed by atoms with Crippen molar-refractivity contribution in [3.8, 4) is 22.5 Å². The van der Waals surface area contributed by atoms with Crippen LogP contribution in [0.15, 0.2) is 119 Å². The van der Waals surface area contributed by atoms with Crippen LogP contribution in [0, 0.1) is 0 Å². The van der Waals surface area contributed by atoms with Crippen LogP contribution in [0.5, 0.6) is 0 Å². The highest BCUT2D eigenvalue weighted by atomic mass is 32.2. The minimum atomic E-state index is -4.73. The van der Waals surface area contributed by atoms with Gasteiger partial charge in [0, 0.05) is 70.2 Å². The topological polar surface area (TPSA) is 76.6 Å². The van der Waals surface area contributed by atoms with E-state index in [0.717, 1.165) is 47.9 Å². The fraction of sp³-hybridized carbons (Fsp3) is 0.114. The minimum absolute atomic E-state index is 0.242. The Morgan fingerprint density at radius 1 is 0.762 bits per heavy atom. The summed E-state index contributed by atoms with van der Waals surface area (Å²) in [4.78, 5) is 2.04. The molecule has 4 aromatic rings. The van der Waals surface area contributed by atoms with Gasteiger partial charge in [-0.2, -0.15) is 4.58 Å². The average Bonchev–Trinajstić information content (AvgIpc) is 3.64. The Bertz CT molecular complexity index is 2200. The fourth-order valence-corrected chi connectivity index (χ4v) is 7.28. The quantitative estimate of drug-likeness (QED) is 0.139. The van der Waals surface area contributed by atoms with E-state index >= 15 is 0 Å². The van der Waals surface area contributed by atoms with Gasteiger partial charge in [-0.15, -0.1) is 0 Å². The molecule has 206 valence electrons. The third kappa shape index (κ3) is 3.96. The lowest BCUT2D eigenvalue weighted by molar-refractivity contribution is 0.463. The zero-order chi connectivity index (χ0) is 28.4. The first-order valence-corrected chi connectivity index (χ1v) is 15.5. The van der Waals surface area contributed by atoms with Crippen LogP contribution >= 0.6 is 0 Å². The van der Waals surface area contributed by atoms with Crippen LogP contribution in [-0.2, 0) is 23.0 Å². The maximum absolute atomic E-state index is 12.4. The largest absolute Gasteiger partial charge is 0.744 e. The smallest absolute Gasteiger partial charge is 0.209 e. The number of benzene rings is 5. The van der Waals surface area contributed by atoms with Crippen molar-refractivity contribution in [1.29, 1.82) is 0 Å².